The van der Waals surface area contributed by atoms with Gasteiger partial charge in [0, 0.05) is 43.2 Å². The Bertz CT molecular complexity index is 1050. The monoisotopic (exact) mass is 532 g/mol. The highest BCUT2D eigenvalue weighted by Gasteiger charge is 2.50. The second-order valence-electron chi connectivity index (χ2n) is 10.9. The van der Waals surface area contributed by atoms with E-state index in [2.05, 4.69) is 80.1 Å². The molecule has 0 radical (unpaired) electrons. The second kappa shape index (κ2) is 10.7. The van der Waals surface area contributed by atoms with Crippen molar-refractivity contribution in [2.45, 2.75) is 49.6 Å². The summed E-state index contributed by atoms with van der Waals surface area (Å²) in [5, 5.41) is 3.34. The number of hydrogen-bond donors (Lipinski definition) is 1. The second-order valence-corrected chi connectivity index (χ2v) is 10.9. The van der Waals surface area contributed by atoms with Crippen LogP contribution in [-0.4, -0.2) is 43.1 Å². The number of amides is 1. The fraction of sp³-hybridized carbons (Fsp3) is 0.387. The molecule has 35 heavy (non-hydrogen) atoms. The Morgan fingerprint density at radius 2 is 1.26 bits per heavy atom. The molecule has 0 saturated carbocycles. The maximum Gasteiger partial charge on any atom is 0.251 e. The molecule has 2 bridgehead atoms. The van der Waals surface area contributed by atoms with Gasteiger partial charge in [-0.05, 0) is 35.6 Å². The predicted molar refractivity (Wildman–Crippen MR) is 139 cm³/mol. The molecule has 2 fully saturated rings. The minimum atomic E-state index is -0.258. The van der Waals surface area contributed by atoms with E-state index in [0.29, 0.717) is 18.0 Å². The maximum absolute atomic E-state index is 13.1. The fourth-order valence-corrected chi connectivity index (χ4v) is 6.77. The van der Waals surface area contributed by atoms with Crippen LogP contribution in [-0.2, 0) is 5.41 Å². The van der Waals surface area contributed by atoms with Gasteiger partial charge in [0.15, 0.2) is 0 Å². The molecule has 2 saturated heterocycles. The molecule has 0 aromatic heterocycles. The lowest BCUT2D eigenvalue weighted by Crippen LogP contribution is -3.00. The number of rotatable bonds is 7. The summed E-state index contributed by atoms with van der Waals surface area (Å²) in [6.07, 6.45) is 6.31. The van der Waals surface area contributed by atoms with E-state index in [4.69, 9.17) is 0 Å². The number of halogens is 1. The Morgan fingerprint density at radius 3 is 1.74 bits per heavy atom. The third-order valence-corrected chi connectivity index (χ3v) is 8.80. The van der Waals surface area contributed by atoms with Crippen LogP contribution in [0.15, 0.2) is 91.0 Å². The van der Waals surface area contributed by atoms with E-state index >= 15 is 0 Å². The molecule has 5 rings (SSSR count). The Kier molecular flexibility index (Phi) is 7.83. The van der Waals surface area contributed by atoms with Crippen molar-refractivity contribution in [2.75, 3.05) is 20.6 Å². The highest BCUT2D eigenvalue weighted by Crippen LogP contribution is 2.47. The van der Waals surface area contributed by atoms with Crippen LogP contribution < -0.4 is 22.3 Å². The number of quaternary nitrogens is 1. The normalized spacial score (nSPS) is 22.7. The van der Waals surface area contributed by atoms with E-state index in [1.54, 1.807) is 0 Å². The summed E-state index contributed by atoms with van der Waals surface area (Å²) < 4.78 is 1.19. The standard InChI is InChI=1S/C31H36N2O.BrH/c1-33(2)28-18-19-29(33)21-24(20-28)22-31(26-14-8-4-9-15-26,27-16-10-5-11-17-27)23-32-30(34)25-12-6-3-7-13-25;/h3-17,24,28-29H,18-23H2,1-2H3;1H/t24?,28-,29+;. The molecule has 1 amide bonds. The third kappa shape index (κ3) is 5.10. The van der Waals surface area contributed by atoms with Crippen molar-refractivity contribution in [3.63, 3.8) is 0 Å². The van der Waals surface area contributed by atoms with Gasteiger partial charge >= 0.3 is 0 Å². The van der Waals surface area contributed by atoms with Gasteiger partial charge in [-0.3, -0.25) is 4.79 Å². The van der Waals surface area contributed by atoms with E-state index in [9.17, 15) is 4.79 Å². The largest absolute Gasteiger partial charge is 1.00 e. The van der Waals surface area contributed by atoms with Gasteiger partial charge in [-0.25, -0.2) is 0 Å². The zero-order valence-electron chi connectivity index (χ0n) is 20.9. The molecular formula is C31H37BrN2O. The molecule has 3 aromatic carbocycles. The van der Waals surface area contributed by atoms with Crippen molar-refractivity contribution >= 4 is 5.91 Å². The summed E-state index contributed by atoms with van der Waals surface area (Å²) >= 11 is 0. The maximum atomic E-state index is 13.1. The molecule has 184 valence electrons. The smallest absolute Gasteiger partial charge is 0.251 e. The first-order chi connectivity index (χ1) is 16.5. The molecule has 0 aliphatic carbocycles. The van der Waals surface area contributed by atoms with Crippen LogP contribution in [0.4, 0.5) is 0 Å². The summed E-state index contributed by atoms with van der Waals surface area (Å²) in [4.78, 5) is 13.1. The van der Waals surface area contributed by atoms with Gasteiger partial charge in [0.25, 0.3) is 5.91 Å². The Balaban J connectivity index is 0.00000289. The SMILES string of the molecule is C[N+]1(C)[C@@H]2CC[C@H]1CC(CC(CNC(=O)c1ccccc1)(c1ccccc1)c1ccccc1)C2.[Br-]. The number of hydrogen-bond acceptors (Lipinski definition) is 1. The molecule has 1 unspecified atom stereocenters. The average Bonchev–Trinajstić information content (AvgIpc) is 3.03. The van der Waals surface area contributed by atoms with E-state index < -0.39 is 0 Å². The third-order valence-electron chi connectivity index (χ3n) is 8.80. The first-order valence-electron chi connectivity index (χ1n) is 12.8. The first-order valence-corrected chi connectivity index (χ1v) is 12.8. The predicted octanol–water partition coefficient (Wildman–Crippen LogP) is 2.81. The van der Waals surface area contributed by atoms with Gasteiger partial charge < -0.3 is 26.8 Å². The molecule has 1 N–H and O–H groups in total. The van der Waals surface area contributed by atoms with Crippen LogP contribution >= 0.6 is 0 Å². The molecule has 4 heteroatoms. The molecule has 0 spiro atoms. The summed E-state index contributed by atoms with van der Waals surface area (Å²) in [6.45, 7) is 0.596. The number of nitrogens with one attached hydrogen (secondary N) is 1. The quantitative estimate of drug-likeness (QED) is 0.466. The van der Waals surface area contributed by atoms with Crippen molar-refractivity contribution in [2.24, 2.45) is 5.92 Å². The van der Waals surface area contributed by atoms with Crippen LogP contribution in [0.5, 0.6) is 0 Å². The number of nitrogens with zero attached hydrogens (tertiary/aromatic N) is 1. The highest BCUT2D eigenvalue weighted by molar-refractivity contribution is 5.94. The molecular weight excluding hydrogens is 496 g/mol. The lowest BCUT2D eigenvalue weighted by molar-refractivity contribution is -0.931. The van der Waals surface area contributed by atoms with E-state index in [1.807, 2.05) is 30.3 Å². The van der Waals surface area contributed by atoms with Gasteiger partial charge in [0.1, 0.15) is 0 Å². The summed E-state index contributed by atoms with van der Waals surface area (Å²) in [7, 11) is 4.86. The van der Waals surface area contributed by atoms with Gasteiger partial charge in [-0.2, -0.15) is 0 Å². The van der Waals surface area contributed by atoms with Crippen molar-refractivity contribution in [3.8, 4) is 0 Å². The minimum absolute atomic E-state index is 0. The van der Waals surface area contributed by atoms with Crippen LogP contribution in [0, 0.1) is 5.92 Å². The Morgan fingerprint density at radius 1 is 0.800 bits per heavy atom. The van der Waals surface area contributed by atoms with Gasteiger partial charge in [-0.15, -0.1) is 0 Å². The van der Waals surface area contributed by atoms with Gasteiger partial charge in [-0.1, -0.05) is 78.9 Å². The molecule has 2 heterocycles. The van der Waals surface area contributed by atoms with Crippen LogP contribution in [0.3, 0.4) is 0 Å². The number of carbonyl (C=O) groups is 1. The van der Waals surface area contributed by atoms with Crippen LogP contribution in [0.1, 0.15) is 53.6 Å². The number of piperidine rings is 1. The van der Waals surface area contributed by atoms with Crippen molar-refractivity contribution in [3.05, 3.63) is 108 Å². The fourth-order valence-electron chi connectivity index (χ4n) is 6.77. The highest BCUT2D eigenvalue weighted by atomic mass is 79.9. The summed E-state index contributed by atoms with van der Waals surface area (Å²) in [5.74, 6) is 0.649. The number of benzene rings is 3. The van der Waals surface area contributed by atoms with E-state index in [0.717, 1.165) is 18.5 Å². The molecule has 3 aromatic rings. The Hall–Kier alpha value is -2.43. The van der Waals surface area contributed by atoms with Gasteiger partial charge in [0.05, 0.1) is 26.2 Å². The summed E-state index contributed by atoms with van der Waals surface area (Å²) in [5.41, 5.74) is 3.04. The number of carbonyl (C=O) groups excluding carboxylic acids is 1. The van der Waals surface area contributed by atoms with Crippen molar-refractivity contribution in [1.82, 2.24) is 5.32 Å². The van der Waals surface area contributed by atoms with Crippen LogP contribution in [0.25, 0.3) is 0 Å². The van der Waals surface area contributed by atoms with Crippen LogP contribution in [0.2, 0.25) is 0 Å². The lowest BCUT2D eigenvalue weighted by Gasteiger charge is -2.47. The molecule has 2 aliphatic heterocycles. The molecule has 2 aliphatic rings. The summed E-state index contributed by atoms with van der Waals surface area (Å²) in [6, 6.07) is 32.8. The van der Waals surface area contributed by atoms with E-state index in [-0.39, 0.29) is 28.3 Å². The zero-order valence-corrected chi connectivity index (χ0v) is 22.5. The minimum Gasteiger partial charge on any atom is -1.00 e. The van der Waals surface area contributed by atoms with Crippen molar-refractivity contribution in [1.29, 1.82) is 0 Å². The zero-order chi connectivity index (χ0) is 23.6. The molecule has 3 nitrogen and oxygen atoms in total. The molecule has 3 atom stereocenters. The van der Waals surface area contributed by atoms with Gasteiger partial charge in [0.2, 0.25) is 0 Å². The average molecular weight is 534 g/mol. The number of fused-ring (bicyclic) bond motifs is 2. The topological polar surface area (TPSA) is 29.1 Å². The first kappa shape index (κ1) is 25.7. The van der Waals surface area contributed by atoms with E-state index in [1.165, 1.54) is 41.3 Å². The Labute approximate surface area is 220 Å². The lowest BCUT2D eigenvalue weighted by atomic mass is 9.66. The van der Waals surface area contributed by atoms with Crippen molar-refractivity contribution < 1.29 is 26.3 Å².